The Labute approximate surface area is 234 Å². The molecule has 214 valence electrons. The zero-order chi connectivity index (χ0) is 28.4. The van der Waals surface area contributed by atoms with Gasteiger partial charge in [0.2, 0.25) is 0 Å². The molecule has 0 amide bonds. The molecule has 11 heteroatoms. The van der Waals surface area contributed by atoms with E-state index in [1.165, 1.54) is 25.0 Å². The summed E-state index contributed by atoms with van der Waals surface area (Å²) in [6, 6.07) is 15.3. The van der Waals surface area contributed by atoms with E-state index >= 15 is 0 Å². The Morgan fingerprint density at radius 1 is 1.05 bits per heavy atom. The number of piperidine rings is 1. The van der Waals surface area contributed by atoms with Crippen LogP contribution in [-0.4, -0.2) is 68.2 Å². The second-order valence-corrected chi connectivity index (χ2v) is 12.0. The summed E-state index contributed by atoms with van der Waals surface area (Å²) in [5.41, 5.74) is 2.06. The summed E-state index contributed by atoms with van der Waals surface area (Å²) in [6.45, 7) is 3.29. The summed E-state index contributed by atoms with van der Waals surface area (Å²) in [5.74, 6) is 2.54. The minimum Gasteiger partial charge on any atom is -0.494 e. The SMILES string of the molecule is COC(=O)C=Cc1ccc(OCc2nc(C3CCN(Cc4ccc(OCCCS(C)(=O)=O)cc4)CC3)no2)cc1. The minimum absolute atomic E-state index is 0.133. The van der Waals surface area contributed by atoms with Crippen LogP contribution in [0, 0.1) is 0 Å². The highest BCUT2D eigenvalue weighted by Crippen LogP contribution is 2.27. The second kappa shape index (κ2) is 14.1. The van der Waals surface area contributed by atoms with E-state index in [0.717, 1.165) is 49.6 Å². The lowest BCUT2D eigenvalue weighted by Crippen LogP contribution is -2.32. The zero-order valence-corrected chi connectivity index (χ0v) is 23.6. The molecule has 2 heterocycles. The molecule has 1 saturated heterocycles. The highest BCUT2D eigenvalue weighted by Gasteiger charge is 2.25. The van der Waals surface area contributed by atoms with E-state index < -0.39 is 15.8 Å². The van der Waals surface area contributed by atoms with Gasteiger partial charge in [0.25, 0.3) is 5.89 Å². The first kappa shape index (κ1) is 29.3. The molecule has 1 aromatic heterocycles. The van der Waals surface area contributed by atoms with E-state index in [1.54, 1.807) is 6.08 Å². The molecular weight excluding hydrogens is 534 g/mol. The number of sulfone groups is 1. The largest absolute Gasteiger partial charge is 0.494 e. The molecular formula is C29H35N3O7S. The lowest BCUT2D eigenvalue weighted by Gasteiger charge is -2.30. The van der Waals surface area contributed by atoms with Crippen molar-refractivity contribution in [2.75, 3.05) is 38.8 Å². The van der Waals surface area contributed by atoms with Gasteiger partial charge in [0, 0.05) is 24.8 Å². The number of hydrogen-bond acceptors (Lipinski definition) is 10. The van der Waals surface area contributed by atoms with Crippen LogP contribution in [-0.2, 0) is 32.5 Å². The van der Waals surface area contributed by atoms with E-state index in [2.05, 4.69) is 31.9 Å². The smallest absolute Gasteiger partial charge is 0.330 e. The summed E-state index contributed by atoms with van der Waals surface area (Å²) < 4.78 is 43.9. The molecule has 3 aromatic rings. The van der Waals surface area contributed by atoms with Crippen molar-refractivity contribution in [2.45, 2.75) is 38.3 Å². The van der Waals surface area contributed by atoms with Crippen LogP contribution in [0.4, 0.5) is 0 Å². The number of ether oxygens (including phenoxy) is 3. The van der Waals surface area contributed by atoms with Crippen molar-refractivity contribution in [1.82, 2.24) is 15.0 Å². The first-order chi connectivity index (χ1) is 19.3. The van der Waals surface area contributed by atoms with Gasteiger partial charge < -0.3 is 18.7 Å². The number of likely N-dealkylation sites (tertiary alicyclic amines) is 1. The van der Waals surface area contributed by atoms with Gasteiger partial charge in [-0.25, -0.2) is 13.2 Å². The molecule has 1 aliphatic heterocycles. The molecule has 0 aliphatic carbocycles. The molecule has 0 radical (unpaired) electrons. The van der Waals surface area contributed by atoms with Crippen LogP contribution in [0.25, 0.3) is 6.08 Å². The van der Waals surface area contributed by atoms with Gasteiger partial charge in [0.05, 0.1) is 19.5 Å². The molecule has 0 atom stereocenters. The number of hydrogen-bond donors (Lipinski definition) is 0. The molecule has 1 aliphatic rings. The quantitative estimate of drug-likeness (QED) is 0.169. The van der Waals surface area contributed by atoms with Crippen molar-refractivity contribution in [1.29, 1.82) is 0 Å². The third-order valence-electron chi connectivity index (χ3n) is 6.55. The maximum absolute atomic E-state index is 11.2. The number of aromatic nitrogens is 2. The highest BCUT2D eigenvalue weighted by atomic mass is 32.2. The van der Waals surface area contributed by atoms with Gasteiger partial charge in [-0.05, 0) is 73.8 Å². The van der Waals surface area contributed by atoms with E-state index in [1.807, 2.05) is 36.4 Å². The van der Waals surface area contributed by atoms with Gasteiger partial charge in [-0.1, -0.05) is 29.4 Å². The van der Waals surface area contributed by atoms with Crippen LogP contribution in [0.15, 0.2) is 59.1 Å². The van der Waals surface area contributed by atoms with Crippen molar-refractivity contribution in [3.05, 3.63) is 77.4 Å². The summed E-state index contributed by atoms with van der Waals surface area (Å²) >= 11 is 0. The standard InChI is InChI=1S/C29H35N3O7S/c1-36-28(33)13-8-22-4-9-26(10-5-22)38-21-27-30-29(31-39-27)24-14-16-32(17-15-24)20-23-6-11-25(12-7-23)37-18-3-19-40(2,34)35/h4-13,24H,3,14-21H2,1-2H3. The molecule has 40 heavy (non-hydrogen) atoms. The van der Waals surface area contributed by atoms with Gasteiger partial charge in [-0.15, -0.1) is 0 Å². The number of carbonyl (C=O) groups is 1. The Hall–Kier alpha value is -3.70. The van der Waals surface area contributed by atoms with Crippen molar-refractivity contribution >= 4 is 21.9 Å². The van der Waals surface area contributed by atoms with E-state index in [-0.39, 0.29) is 18.3 Å². The number of benzene rings is 2. The fourth-order valence-corrected chi connectivity index (χ4v) is 5.00. The molecule has 0 spiro atoms. The highest BCUT2D eigenvalue weighted by molar-refractivity contribution is 7.90. The van der Waals surface area contributed by atoms with Gasteiger partial charge in [0.1, 0.15) is 21.3 Å². The Morgan fingerprint density at radius 3 is 2.40 bits per heavy atom. The molecule has 0 N–H and O–H groups in total. The topological polar surface area (TPSA) is 121 Å². The van der Waals surface area contributed by atoms with Gasteiger partial charge in [0.15, 0.2) is 12.4 Å². The first-order valence-electron chi connectivity index (χ1n) is 13.2. The average molecular weight is 570 g/mol. The number of carbonyl (C=O) groups excluding carboxylic acids is 1. The Kier molecular flexibility index (Phi) is 10.3. The predicted molar refractivity (Wildman–Crippen MR) is 150 cm³/mol. The zero-order valence-electron chi connectivity index (χ0n) is 22.8. The number of esters is 1. The van der Waals surface area contributed by atoms with Crippen LogP contribution in [0.3, 0.4) is 0 Å². The molecule has 2 aromatic carbocycles. The second-order valence-electron chi connectivity index (χ2n) is 9.79. The van der Waals surface area contributed by atoms with E-state index in [9.17, 15) is 13.2 Å². The van der Waals surface area contributed by atoms with Crippen molar-refractivity contribution in [3.63, 3.8) is 0 Å². The van der Waals surface area contributed by atoms with Crippen LogP contribution < -0.4 is 9.47 Å². The predicted octanol–water partition coefficient (Wildman–Crippen LogP) is 4.03. The van der Waals surface area contributed by atoms with E-state index in [4.69, 9.17) is 14.0 Å². The maximum atomic E-state index is 11.2. The minimum atomic E-state index is -2.96. The lowest BCUT2D eigenvalue weighted by atomic mass is 9.96. The van der Waals surface area contributed by atoms with Gasteiger partial charge in [-0.3, -0.25) is 4.90 Å². The number of rotatable bonds is 13. The fourth-order valence-electron chi connectivity index (χ4n) is 4.35. The summed E-state index contributed by atoms with van der Waals surface area (Å²) in [7, 11) is -1.62. The Bertz CT molecular complexity index is 1360. The third-order valence-corrected chi connectivity index (χ3v) is 7.58. The van der Waals surface area contributed by atoms with E-state index in [0.29, 0.717) is 24.7 Å². The average Bonchev–Trinajstić information content (AvgIpc) is 3.43. The fraction of sp³-hybridized carbons (Fsp3) is 0.414. The first-order valence-corrected chi connectivity index (χ1v) is 15.3. The van der Waals surface area contributed by atoms with Gasteiger partial charge >= 0.3 is 5.97 Å². The Balaban J connectivity index is 1.17. The summed E-state index contributed by atoms with van der Waals surface area (Å²) in [5, 5.41) is 4.19. The summed E-state index contributed by atoms with van der Waals surface area (Å²) in [6.07, 6.45) is 6.65. The maximum Gasteiger partial charge on any atom is 0.330 e. The van der Waals surface area contributed by atoms with Crippen LogP contribution in [0.1, 0.15) is 48.0 Å². The Morgan fingerprint density at radius 2 is 1.73 bits per heavy atom. The molecule has 1 fully saturated rings. The third kappa shape index (κ3) is 9.49. The normalized spacial score (nSPS) is 14.8. The number of nitrogens with zero attached hydrogens (tertiary/aromatic N) is 3. The molecule has 0 bridgehead atoms. The van der Waals surface area contributed by atoms with Crippen LogP contribution >= 0.6 is 0 Å². The molecule has 10 nitrogen and oxygen atoms in total. The molecule has 4 rings (SSSR count). The summed E-state index contributed by atoms with van der Waals surface area (Å²) in [4.78, 5) is 18.2. The van der Waals surface area contributed by atoms with Crippen LogP contribution in [0.5, 0.6) is 11.5 Å². The van der Waals surface area contributed by atoms with Crippen molar-refractivity contribution in [3.8, 4) is 11.5 Å². The van der Waals surface area contributed by atoms with Gasteiger partial charge in [-0.2, -0.15) is 4.98 Å². The van der Waals surface area contributed by atoms with Crippen molar-refractivity contribution < 1.29 is 31.9 Å². The number of methoxy groups -OCH3 is 1. The lowest BCUT2D eigenvalue weighted by molar-refractivity contribution is -0.134. The van der Waals surface area contributed by atoms with Crippen molar-refractivity contribution in [2.24, 2.45) is 0 Å². The monoisotopic (exact) mass is 569 g/mol. The molecule has 0 unspecified atom stereocenters. The molecule has 0 saturated carbocycles. The van der Waals surface area contributed by atoms with Crippen LogP contribution in [0.2, 0.25) is 0 Å².